The molecule has 0 bridgehead atoms. The summed E-state index contributed by atoms with van der Waals surface area (Å²) in [6.45, 7) is 6.42. The smallest absolute Gasteiger partial charge is 0.300 e. The van der Waals surface area contributed by atoms with E-state index in [4.69, 9.17) is 4.74 Å². The first-order valence-electron chi connectivity index (χ1n) is 10.9. The number of carbonyl (C=O) groups is 2. The fraction of sp³-hybridized carbons (Fsp3) is 0.222. The number of carbonyl (C=O) groups excluding carboxylic acids is 2. The summed E-state index contributed by atoms with van der Waals surface area (Å²) in [5.74, 6) is -1.05. The van der Waals surface area contributed by atoms with Crippen LogP contribution in [0.25, 0.3) is 5.76 Å². The van der Waals surface area contributed by atoms with Crippen LogP contribution in [-0.4, -0.2) is 28.4 Å². The molecule has 1 atom stereocenters. The molecule has 3 aromatic rings. The minimum atomic E-state index is -0.783. The minimum Gasteiger partial charge on any atom is -0.507 e. The number of amides is 1. The zero-order valence-electron chi connectivity index (χ0n) is 18.9. The Labute approximate surface area is 193 Å². The number of Topliss-reactive ketones (excluding diaryl/α,β-unsaturated/α-hetero) is 1. The molecule has 1 aliphatic heterocycles. The molecule has 1 N–H and O–H groups in total. The number of aromatic nitrogens is 1. The van der Waals surface area contributed by atoms with Gasteiger partial charge in [0.05, 0.1) is 18.2 Å². The van der Waals surface area contributed by atoms with Gasteiger partial charge in [0, 0.05) is 23.6 Å². The van der Waals surface area contributed by atoms with Gasteiger partial charge in [0.15, 0.2) is 0 Å². The molecule has 6 heteroatoms. The highest BCUT2D eigenvalue weighted by Crippen LogP contribution is 2.43. The van der Waals surface area contributed by atoms with Crippen molar-refractivity contribution < 1.29 is 19.4 Å². The van der Waals surface area contributed by atoms with Crippen LogP contribution in [0.1, 0.15) is 41.6 Å². The van der Waals surface area contributed by atoms with E-state index >= 15 is 0 Å². The van der Waals surface area contributed by atoms with Gasteiger partial charge >= 0.3 is 0 Å². The average Bonchev–Trinajstić information content (AvgIpc) is 3.08. The summed E-state index contributed by atoms with van der Waals surface area (Å²) in [6, 6.07) is 15.3. The summed E-state index contributed by atoms with van der Waals surface area (Å²) < 4.78 is 5.68. The Bertz CT molecular complexity index is 1230. The highest BCUT2D eigenvalue weighted by Gasteiger charge is 2.47. The van der Waals surface area contributed by atoms with Crippen molar-refractivity contribution in [1.82, 2.24) is 4.98 Å². The summed E-state index contributed by atoms with van der Waals surface area (Å²) >= 11 is 0. The molecule has 1 saturated heterocycles. The normalized spacial score (nSPS) is 17.4. The highest BCUT2D eigenvalue weighted by atomic mass is 16.5. The molecule has 1 unspecified atom stereocenters. The van der Waals surface area contributed by atoms with Gasteiger partial charge in [-0.1, -0.05) is 36.8 Å². The lowest BCUT2D eigenvalue weighted by Crippen LogP contribution is -2.30. The van der Waals surface area contributed by atoms with Crippen LogP contribution in [0, 0.1) is 13.8 Å². The maximum atomic E-state index is 13.3. The number of rotatable bonds is 6. The van der Waals surface area contributed by atoms with Crippen LogP contribution >= 0.6 is 0 Å². The number of aryl methyl sites for hydroxylation is 2. The van der Waals surface area contributed by atoms with Crippen LogP contribution in [0.2, 0.25) is 0 Å². The maximum absolute atomic E-state index is 13.3. The molecule has 0 radical (unpaired) electrons. The Morgan fingerprint density at radius 3 is 2.52 bits per heavy atom. The molecule has 1 fully saturated rings. The molecule has 0 aliphatic carbocycles. The Balaban J connectivity index is 1.90. The Kier molecular flexibility index (Phi) is 6.27. The number of aliphatic hydroxyl groups excluding tert-OH is 1. The second-order valence-corrected chi connectivity index (χ2v) is 8.12. The van der Waals surface area contributed by atoms with Gasteiger partial charge in [-0.25, -0.2) is 0 Å². The lowest BCUT2D eigenvalue weighted by molar-refractivity contribution is -0.132. The summed E-state index contributed by atoms with van der Waals surface area (Å²) in [5.41, 5.74) is 3.69. The summed E-state index contributed by atoms with van der Waals surface area (Å²) in [5, 5.41) is 11.3. The average molecular weight is 443 g/mol. The number of ketones is 1. The first kappa shape index (κ1) is 22.3. The molecule has 1 aromatic heterocycles. The largest absolute Gasteiger partial charge is 0.507 e. The van der Waals surface area contributed by atoms with Crippen LogP contribution in [-0.2, 0) is 9.59 Å². The molecular weight excluding hydrogens is 416 g/mol. The third-order valence-electron chi connectivity index (χ3n) is 5.66. The molecule has 0 saturated carbocycles. The van der Waals surface area contributed by atoms with Gasteiger partial charge in [0.25, 0.3) is 11.7 Å². The topological polar surface area (TPSA) is 79.7 Å². The SMILES string of the molecule is CCCOc1cccc(/C(O)=C2\C(=O)C(=O)N(c3ccc(C)cc3C)C2c2ccncc2)c1. The van der Waals surface area contributed by atoms with E-state index < -0.39 is 17.7 Å². The number of aliphatic hydroxyl groups is 1. The first-order valence-corrected chi connectivity index (χ1v) is 10.9. The Hall–Kier alpha value is -3.93. The maximum Gasteiger partial charge on any atom is 0.300 e. The molecule has 2 aromatic carbocycles. The third kappa shape index (κ3) is 4.24. The quantitative estimate of drug-likeness (QED) is 0.326. The number of benzene rings is 2. The summed E-state index contributed by atoms with van der Waals surface area (Å²) in [4.78, 5) is 32.1. The number of pyridine rings is 1. The van der Waals surface area contributed by atoms with Gasteiger partial charge in [-0.15, -0.1) is 0 Å². The first-order chi connectivity index (χ1) is 15.9. The van der Waals surface area contributed by atoms with Crippen LogP contribution in [0.5, 0.6) is 5.75 Å². The number of hydrogen-bond donors (Lipinski definition) is 1. The van der Waals surface area contributed by atoms with Crippen molar-refractivity contribution in [3.05, 3.63) is 94.8 Å². The zero-order valence-corrected chi connectivity index (χ0v) is 18.9. The van der Waals surface area contributed by atoms with Crippen LogP contribution in [0.4, 0.5) is 5.69 Å². The van der Waals surface area contributed by atoms with Gasteiger partial charge in [-0.3, -0.25) is 19.5 Å². The fourth-order valence-electron chi connectivity index (χ4n) is 4.13. The van der Waals surface area contributed by atoms with Crippen molar-refractivity contribution in [2.45, 2.75) is 33.2 Å². The predicted molar refractivity (Wildman–Crippen MR) is 127 cm³/mol. The van der Waals surface area contributed by atoms with E-state index in [1.807, 2.05) is 39.0 Å². The van der Waals surface area contributed by atoms with E-state index in [1.54, 1.807) is 48.8 Å². The van der Waals surface area contributed by atoms with Crippen molar-refractivity contribution in [2.75, 3.05) is 11.5 Å². The molecule has 4 rings (SSSR count). The molecule has 6 nitrogen and oxygen atoms in total. The van der Waals surface area contributed by atoms with Gasteiger partial charge in [0.1, 0.15) is 11.5 Å². The van der Waals surface area contributed by atoms with E-state index in [0.717, 1.165) is 17.5 Å². The monoisotopic (exact) mass is 442 g/mol. The van der Waals surface area contributed by atoms with Gasteiger partial charge in [-0.2, -0.15) is 0 Å². The fourth-order valence-corrected chi connectivity index (χ4v) is 4.13. The number of hydrogen-bond acceptors (Lipinski definition) is 5. The van der Waals surface area contributed by atoms with E-state index in [1.165, 1.54) is 4.90 Å². The second kappa shape index (κ2) is 9.28. The van der Waals surface area contributed by atoms with Crippen molar-refractivity contribution in [1.29, 1.82) is 0 Å². The van der Waals surface area contributed by atoms with Crippen molar-refractivity contribution in [3.8, 4) is 5.75 Å². The third-order valence-corrected chi connectivity index (χ3v) is 5.66. The number of anilines is 1. The van der Waals surface area contributed by atoms with E-state index in [0.29, 0.717) is 29.2 Å². The van der Waals surface area contributed by atoms with Crippen molar-refractivity contribution in [3.63, 3.8) is 0 Å². The molecule has 0 spiro atoms. The summed E-state index contributed by atoms with van der Waals surface area (Å²) in [6.07, 6.45) is 4.06. The zero-order chi connectivity index (χ0) is 23.5. The van der Waals surface area contributed by atoms with Gasteiger partial charge in [0.2, 0.25) is 0 Å². The second-order valence-electron chi connectivity index (χ2n) is 8.12. The van der Waals surface area contributed by atoms with Gasteiger partial charge in [-0.05, 0) is 61.7 Å². The summed E-state index contributed by atoms with van der Waals surface area (Å²) in [7, 11) is 0. The van der Waals surface area contributed by atoms with Crippen LogP contribution in [0.15, 0.2) is 72.6 Å². The van der Waals surface area contributed by atoms with E-state index in [9.17, 15) is 14.7 Å². The Morgan fingerprint density at radius 2 is 1.82 bits per heavy atom. The predicted octanol–water partition coefficient (Wildman–Crippen LogP) is 5.11. The highest BCUT2D eigenvalue weighted by molar-refractivity contribution is 6.51. The number of ether oxygens (including phenoxy) is 1. The van der Waals surface area contributed by atoms with E-state index in [2.05, 4.69) is 4.98 Å². The van der Waals surface area contributed by atoms with Crippen LogP contribution in [0.3, 0.4) is 0 Å². The standard InChI is InChI=1S/C27H26N2O4/c1-4-14-33-21-7-5-6-20(16-21)25(30)23-24(19-10-12-28-13-11-19)29(27(32)26(23)31)22-9-8-17(2)15-18(22)3/h5-13,15-16,24,30H,4,14H2,1-3H3/b25-23+. The van der Waals surface area contributed by atoms with Gasteiger partial charge < -0.3 is 9.84 Å². The number of nitrogens with zero attached hydrogens (tertiary/aromatic N) is 2. The van der Waals surface area contributed by atoms with Crippen LogP contribution < -0.4 is 9.64 Å². The molecule has 2 heterocycles. The molecule has 168 valence electrons. The lowest BCUT2D eigenvalue weighted by Gasteiger charge is -2.27. The molecule has 1 amide bonds. The minimum absolute atomic E-state index is 0.0406. The molecule has 33 heavy (non-hydrogen) atoms. The molecular formula is C27H26N2O4. The van der Waals surface area contributed by atoms with Crippen molar-refractivity contribution >= 4 is 23.1 Å². The van der Waals surface area contributed by atoms with Crippen molar-refractivity contribution in [2.24, 2.45) is 0 Å². The Morgan fingerprint density at radius 1 is 1.06 bits per heavy atom. The van der Waals surface area contributed by atoms with E-state index in [-0.39, 0.29) is 11.3 Å². The lowest BCUT2D eigenvalue weighted by atomic mass is 9.95. The molecule has 1 aliphatic rings.